The largest absolute Gasteiger partial charge is 0.484 e. The van der Waals surface area contributed by atoms with Crippen LogP contribution in [0.4, 0.5) is 5.69 Å². The molecule has 6 heteroatoms. The molecule has 3 aromatic carbocycles. The van der Waals surface area contributed by atoms with Crippen molar-refractivity contribution in [2.45, 2.75) is 64.2 Å². The summed E-state index contributed by atoms with van der Waals surface area (Å²) >= 11 is 0. The lowest BCUT2D eigenvalue weighted by Gasteiger charge is -2.22. The Morgan fingerprint density at radius 2 is 1.69 bits per heavy atom. The van der Waals surface area contributed by atoms with Crippen LogP contribution in [0.3, 0.4) is 0 Å². The number of anilines is 1. The van der Waals surface area contributed by atoms with Gasteiger partial charge in [0, 0.05) is 5.69 Å². The van der Waals surface area contributed by atoms with E-state index in [1.54, 1.807) is 4.80 Å². The van der Waals surface area contributed by atoms with Crippen LogP contribution < -0.4 is 10.1 Å². The van der Waals surface area contributed by atoms with E-state index in [2.05, 4.69) is 46.7 Å². The van der Waals surface area contributed by atoms with Gasteiger partial charge in [-0.2, -0.15) is 4.80 Å². The van der Waals surface area contributed by atoms with Crippen LogP contribution in [0.2, 0.25) is 0 Å². The van der Waals surface area contributed by atoms with Crippen molar-refractivity contribution in [3.05, 3.63) is 77.9 Å². The maximum Gasteiger partial charge on any atom is 0.262 e. The summed E-state index contributed by atoms with van der Waals surface area (Å²) in [6, 6.07) is 22.1. The van der Waals surface area contributed by atoms with Gasteiger partial charge in [-0.1, -0.05) is 56.9 Å². The van der Waals surface area contributed by atoms with Crippen molar-refractivity contribution in [3.8, 4) is 11.4 Å². The first-order valence-electron chi connectivity index (χ1n) is 13.2. The van der Waals surface area contributed by atoms with Gasteiger partial charge in [0.05, 0.1) is 5.69 Å². The Bertz CT molecular complexity index is 1290. The number of aryl methyl sites for hydroxylation is 1. The number of carbonyl (C=O) groups is 1. The number of nitrogens with one attached hydrogen (secondary N) is 1. The maximum absolute atomic E-state index is 12.5. The number of carbonyl (C=O) groups excluding carboxylic acids is 1. The Balaban J connectivity index is 1.17. The van der Waals surface area contributed by atoms with E-state index in [9.17, 15) is 4.79 Å². The van der Waals surface area contributed by atoms with Crippen LogP contribution in [0.1, 0.15) is 68.9 Å². The first-order chi connectivity index (χ1) is 17.7. The molecule has 0 aliphatic heterocycles. The number of unbranched alkanes of at least 4 members (excludes halogenated alkanes) is 1. The molecule has 1 aliphatic rings. The Kier molecular flexibility index (Phi) is 7.60. The van der Waals surface area contributed by atoms with E-state index in [1.165, 1.54) is 56.1 Å². The van der Waals surface area contributed by atoms with Gasteiger partial charge in [-0.25, -0.2) is 0 Å². The fourth-order valence-electron chi connectivity index (χ4n) is 4.90. The molecule has 1 fully saturated rings. The first kappa shape index (κ1) is 24.0. The van der Waals surface area contributed by atoms with E-state index in [0.717, 1.165) is 23.1 Å². The van der Waals surface area contributed by atoms with Crippen LogP contribution in [-0.4, -0.2) is 27.5 Å². The number of nitrogens with zero attached hydrogens (tertiary/aromatic N) is 3. The molecule has 1 heterocycles. The van der Waals surface area contributed by atoms with E-state index in [1.807, 2.05) is 42.5 Å². The van der Waals surface area contributed by atoms with Gasteiger partial charge in [-0.15, -0.1) is 10.2 Å². The highest BCUT2D eigenvalue weighted by Gasteiger charge is 2.15. The molecule has 0 radical (unpaired) electrons. The van der Waals surface area contributed by atoms with Gasteiger partial charge in [-0.3, -0.25) is 4.79 Å². The molecule has 1 aliphatic carbocycles. The lowest BCUT2D eigenvalue weighted by atomic mass is 9.84. The Morgan fingerprint density at radius 1 is 0.944 bits per heavy atom. The predicted octanol–water partition coefficient (Wildman–Crippen LogP) is 6.83. The fourth-order valence-corrected chi connectivity index (χ4v) is 4.90. The van der Waals surface area contributed by atoms with Crippen molar-refractivity contribution >= 4 is 22.6 Å². The summed E-state index contributed by atoms with van der Waals surface area (Å²) in [5.74, 6) is 1.17. The lowest BCUT2D eigenvalue weighted by molar-refractivity contribution is -0.118. The molecular formula is C30H34N4O2. The number of hydrogen-bond acceptors (Lipinski definition) is 4. The second-order valence-corrected chi connectivity index (χ2v) is 9.70. The molecule has 36 heavy (non-hydrogen) atoms. The molecule has 0 saturated heterocycles. The van der Waals surface area contributed by atoms with Gasteiger partial charge in [0.15, 0.2) is 6.61 Å². The summed E-state index contributed by atoms with van der Waals surface area (Å²) in [5, 5.41) is 12.1. The minimum Gasteiger partial charge on any atom is -0.484 e. The minimum absolute atomic E-state index is 0.0438. The van der Waals surface area contributed by atoms with Crippen LogP contribution in [-0.2, 0) is 11.2 Å². The molecule has 1 saturated carbocycles. The third-order valence-corrected chi connectivity index (χ3v) is 6.98. The summed E-state index contributed by atoms with van der Waals surface area (Å²) in [5.41, 5.74) is 5.79. The van der Waals surface area contributed by atoms with Gasteiger partial charge in [-0.05, 0) is 85.2 Å². The molecule has 1 N–H and O–H groups in total. The van der Waals surface area contributed by atoms with Crippen molar-refractivity contribution in [2.75, 3.05) is 11.9 Å². The van der Waals surface area contributed by atoms with Gasteiger partial charge >= 0.3 is 0 Å². The zero-order valence-electron chi connectivity index (χ0n) is 21.0. The molecule has 0 bridgehead atoms. The zero-order chi connectivity index (χ0) is 24.7. The topological polar surface area (TPSA) is 69.0 Å². The van der Waals surface area contributed by atoms with Gasteiger partial charge < -0.3 is 10.1 Å². The quantitative estimate of drug-likeness (QED) is 0.284. The number of rotatable bonds is 9. The summed E-state index contributed by atoms with van der Waals surface area (Å²) in [7, 11) is 0. The number of ether oxygens (including phenoxy) is 1. The van der Waals surface area contributed by atoms with E-state index in [4.69, 9.17) is 4.74 Å². The van der Waals surface area contributed by atoms with Gasteiger partial charge in [0.1, 0.15) is 16.8 Å². The smallest absolute Gasteiger partial charge is 0.262 e. The highest BCUT2D eigenvalue weighted by Crippen LogP contribution is 2.33. The standard InChI is InChI=1S/C30H34N4O2/c1-2-3-7-22-10-15-26(16-11-22)34-32-28-19-14-25(20-29(28)33-34)31-30(35)21-36-27-17-12-24(13-18-27)23-8-5-4-6-9-23/h10-20,23H,2-9,21H2,1H3,(H,31,35). The Morgan fingerprint density at radius 3 is 2.44 bits per heavy atom. The molecule has 0 spiro atoms. The summed E-state index contributed by atoms with van der Waals surface area (Å²) in [6.45, 7) is 2.16. The lowest BCUT2D eigenvalue weighted by Crippen LogP contribution is -2.20. The third kappa shape index (κ3) is 5.93. The Hall–Kier alpha value is -3.67. The predicted molar refractivity (Wildman–Crippen MR) is 144 cm³/mol. The van der Waals surface area contributed by atoms with E-state index in [0.29, 0.717) is 17.4 Å². The van der Waals surface area contributed by atoms with Crippen molar-refractivity contribution < 1.29 is 9.53 Å². The monoisotopic (exact) mass is 482 g/mol. The second-order valence-electron chi connectivity index (χ2n) is 9.70. The van der Waals surface area contributed by atoms with Crippen molar-refractivity contribution in [3.63, 3.8) is 0 Å². The number of fused-ring (bicyclic) bond motifs is 1. The van der Waals surface area contributed by atoms with Crippen LogP contribution in [0.15, 0.2) is 66.7 Å². The van der Waals surface area contributed by atoms with E-state index >= 15 is 0 Å². The molecular weight excluding hydrogens is 448 g/mol. The van der Waals surface area contributed by atoms with E-state index in [-0.39, 0.29) is 12.5 Å². The number of benzene rings is 3. The average molecular weight is 483 g/mol. The molecule has 1 aromatic heterocycles. The van der Waals surface area contributed by atoms with Crippen LogP contribution in [0.25, 0.3) is 16.7 Å². The second kappa shape index (κ2) is 11.4. The highest BCUT2D eigenvalue weighted by atomic mass is 16.5. The third-order valence-electron chi connectivity index (χ3n) is 6.98. The fraction of sp³-hybridized carbons (Fsp3) is 0.367. The summed E-state index contributed by atoms with van der Waals surface area (Å²) in [6.07, 6.45) is 9.99. The van der Waals surface area contributed by atoms with Crippen molar-refractivity contribution in [1.82, 2.24) is 15.0 Å². The van der Waals surface area contributed by atoms with Crippen LogP contribution >= 0.6 is 0 Å². The summed E-state index contributed by atoms with van der Waals surface area (Å²) < 4.78 is 5.72. The Labute approximate surface area is 212 Å². The molecule has 4 aromatic rings. The van der Waals surface area contributed by atoms with Crippen LogP contribution in [0, 0.1) is 0 Å². The molecule has 5 rings (SSSR count). The van der Waals surface area contributed by atoms with Crippen LogP contribution in [0.5, 0.6) is 5.75 Å². The molecule has 6 nitrogen and oxygen atoms in total. The normalized spacial score (nSPS) is 14.1. The molecule has 0 atom stereocenters. The van der Waals surface area contributed by atoms with Gasteiger partial charge in [0.25, 0.3) is 5.91 Å². The minimum atomic E-state index is -0.208. The maximum atomic E-state index is 12.5. The van der Waals surface area contributed by atoms with Crippen molar-refractivity contribution in [2.24, 2.45) is 0 Å². The molecule has 0 unspecified atom stereocenters. The number of aromatic nitrogens is 3. The first-order valence-corrected chi connectivity index (χ1v) is 13.2. The zero-order valence-corrected chi connectivity index (χ0v) is 21.0. The molecule has 186 valence electrons. The number of amides is 1. The SMILES string of the molecule is CCCCc1ccc(-n2nc3ccc(NC(=O)COc4ccc(C5CCCCC5)cc4)cc3n2)cc1. The molecule has 1 amide bonds. The summed E-state index contributed by atoms with van der Waals surface area (Å²) in [4.78, 5) is 14.1. The van der Waals surface area contributed by atoms with Crippen molar-refractivity contribution in [1.29, 1.82) is 0 Å². The average Bonchev–Trinajstić information content (AvgIpc) is 3.35. The number of hydrogen-bond donors (Lipinski definition) is 1. The van der Waals surface area contributed by atoms with Gasteiger partial charge in [0.2, 0.25) is 0 Å². The van der Waals surface area contributed by atoms with E-state index < -0.39 is 0 Å². The highest BCUT2D eigenvalue weighted by molar-refractivity contribution is 5.93.